The van der Waals surface area contributed by atoms with Crippen molar-refractivity contribution in [2.45, 2.75) is 0 Å². The van der Waals surface area contributed by atoms with Crippen LogP contribution in [0, 0.1) is 0 Å². The fourth-order valence-corrected chi connectivity index (χ4v) is 0.742. The second kappa shape index (κ2) is 1.66. The van der Waals surface area contributed by atoms with E-state index in [1.807, 2.05) is 0 Å². The predicted molar refractivity (Wildman–Crippen MR) is 36.4 cm³/mol. The van der Waals surface area contributed by atoms with Crippen LogP contribution in [0.3, 0.4) is 0 Å². The highest BCUT2D eigenvalue weighted by atomic mass is 15.1. The topological polar surface area (TPSA) is 78.3 Å². The summed E-state index contributed by atoms with van der Waals surface area (Å²) in [7, 11) is 0. The van der Waals surface area contributed by atoms with Crippen LogP contribution in [0.1, 0.15) is 0 Å². The maximum Gasteiger partial charge on any atom is 0.185 e. The van der Waals surface area contributed by atoms with Crippen LogP contribution in [0.4, 0.5) is 17.3 Å². The fourth-order valence-electron chi connectivity index (χ4n) is 0.742. The Balaban J connectivity index is 2.67. The molecule has 2 rings (SSSR count). The van der Waals surface area contributed by atoms with Crippen LogP contribution in [-0.2, 0) is 0 Å². The first-order valence-corrected chi connectivity index (χ1v) is 2.72. The highest BCUT2D eigenvalue weighted by molar-refractivity contribution is 5.84. The standard InChI is InChI=1S/C5H4N5/c6-4-3-5(9-1-7-3)10-2-8-4/h1-2H,(H2,6,8,10). The van der Waals surface area contributed by atoms with E-state index in [0.29, 0.717) is 17.3 Å². The molecule has 0 spiro atoms. The number of nitrogens with two attached hydrogens (primary N) is 1. The minimum Gasteiger partial charge on any atom is -0.382 e. The van der Waals surface area contributed by atoms with Gasteiger partial charge < -0.3 is 5.73 Å². The fraction of sp³-hybridized carbons (Fsp3) is 0. The van der Waals surface area contributed by atoms with Gasteiger partial charge in [0.2, 0.25) is 0 Å². The Morgan fingerprint density at radius 1 is 1.30 bits per heavy atom. The van der Waals surface area contributed by atoms with Crippen molar-refractivity contribution in [1.82, 2.24) is 15.3 Å². The van der Waals surface area contributed by atoms with Crippen molar-refractivity contribution in [2.75, 3.05) is 5.73 Å². The molecule has 0 bridgehead atoms. The minimum atomic E-state index is 0.377. The first kappa shape index (κ1) is 5.16. The highest BCUT2D eigenvalue weighted by Crippen LogP contribution is 2.29. The van der Waals surface area contributed by atoms with Gasteiger partial charge in [0.25, 0.3) is 0 Å². The van der Waals surface area contributed by atoms with E-state index < -0.39 is 0 Å². The summed E-state index contributed by atoms with van der Waals surface area (Å²) < 4.78 is 0. The second-order valence-electron chi connectivity index (χ2n) is 1.80. The monoisotopic (exact) mass is 134 g/mol. The number of anilines is 1. The Morgan fingerprint density at radius 3 is 3.00 bits per heavy atom. The van der Waals surface area contributed by atoms with Crippen LogP contribution < -0.4 is 11.1 Å². The minimum absolute atomic E-state index is 0.377. The third-order valence-electron chi connectivity index (χ3n) is 1.20. The Kier molecular flexibility index (Phi) is 0.858. The zero-order valence-corrected chi connectivity index (χ0v) is 5.02. The van der Waals surface area contributed by atoms with Gasteiger partial charge in [-0.3, -0.25) is 0 Å². The van der Waals surface area contributed by atoms with E-state index in [9.17, 15) is 0 Å². The van der Waals surface area contributed by atoms with E-state index in [1.165, 1.54) is 12.7 Å². The molecule has 1 aromatic heterocycles. The maximum absolute atomic E-state index is 5.45. The van der Waals surface area contributed by atoms with Crippen molar-refractivity contribution in [3.8, 4) is 0 Å². The van der Waals surface area contributed by atoms with Crippen molar-refractivity contribution in [1.29, 1.82) is 0 Å². The van der Waals surface area contributed by atoms with Gasteiger partial charge in [-0.25, -0.2) is 20.3 Å². The number of nitrogens with zero attached hydrogens (tertiary/aromatic N) is 4. The summed E-state index contributed by atoms with van der Waals surface area (Å²) in [6, 6.07) is 0. The molecule has 0 aromatic carbocycles. The van der Waals surface area contributed by atoms with Crippen molar-refractivity contribution in [3.63, 3.8) is 0 Å². The zero-order valence-electron chi connectivity index (χ0n) is 5.02. The van der Waals surface area contributed by atoms with Crippen molar-refractivity contribution >= 4 is 23.7 Å². The van der Waals surface area contributed by atoms with Gasteiger partial charge in [-0.05, 0) is 0 Å². The normalized spacial score (nSPS) is 12.8. The average molecular weight is 134 g/mol. The average Bonchev–Trinajstić information content (AvgIpc) is 2.36. The van der Waals surface area contributed by atoms with Gasteiger partial charge in [0.05, 0.1) is 0 Å². The molecule has 2 heterocycles. The first-order chi connectivity index (χ1) is 4.88. The molecule has 0 unspecified atom stereocenters. The molecule has 10 heavy (non-hydrogen) atoms. The lowest BCUT2D eigenvalue weighted by Crippen LogP contribution is -1.93. The lowest BCUT2D eigenvalue weighted by atomic mass is 10.4. The van der Waals surface area contributed by atoms with Crippen molar-refractivity contribution in [2.24, 2.45) is 4.99 Å². The number of aliphatic imine (C=N–C) groups is 1. The molecule has 49 valence electrons. The van der Waals surface area contributed by atoms with E-state index >= 15 is 0 Å². The third kappa shape index (κ3) is 0.540. The SMILES string of the molecule is Nc1ncnc2c1N=C[N]2. The number of nitrogen functional groups attached to an aromatic ring is 1. The number of fused-ring (bicyclic) bond motifs is 1. The summed E-state index contributed by atoms with van der Waals surface area (Å²) in [5, 5.41) is 3.84. The van der Waals surface area contributed by atoms with Crippen LogP contribution in [0.2, 0.25) is 0 Å². The summed E-state index contributed by atoms with van der Waals surface area (Å²) in [6.07, 6.45) is 2.78. The molecule has 0 aliphatic carbocycles. The van der Waals surface area contributed by atoms with Crippen LogP contribution in [0.25, 0.3) is 0 Å². The van der Waals surface area contributed by atoms with Gasteiger partial charge >= 0.3 is 0 Å². The number of aromatic nitrogens is 2. The van der Waals surface area contributed by atoms with Gasteiger partial charge in [-0.1, -0.05) is 0 Å². The van der Waals surface area contributed by atoms with E-state index in [2.05, 4.69) is 20.3 Å². The lowest BCUT2D eigenvalue weighted by molar-refractivity contribution is 1.13. The van der Waals surface area contributed by atoms with Gasteiger partial charge in [-0.15, -0.1) is 0 Å². The predicted octanol–water partition coefficient (Wildman–Crippen LogP) is -0.0319. The van der Waals surface area contributed by atoms with Gasteiger partial charge in [0.15, 0.2) is 17.3 Å². The molecule has 5 heteroatoms. The van der Waals surface area contributed by atoms with Gasteiger partial charge in [0, 0.05) is 0 Å². The van der Waals surface area contributed by atoms with Gasteiger partial charge in [-0.2, -0.15) is 0 Å². The Bertz CT molecular complexity index is 292. The number of hydrogen-bond acceptors (Lipinski definition) is 4. The van der Waals surface area contributed by atoms with E-state index in [4.69, 9.17) is 5.73 Å². The molecular formula is C5H4N5. The number of hydrogen-bond donors (Lipinski definition) is 1. The third-order valence-corrected chi connectivity index (χ3v) is 1.20. The largest absolute Gasteiger partial charge is 0.382 e. The summed E-state index contributed by atoms with van der Waals surface area (Å²) in [6.45, 7) is 0. The summed E-state index contributed by atoms with van der Waals surface area (Å²) in [5.41, 5.74) is 6.02. The second-order valence-corrected chi connectivity index (χ2v) is 1.80. The van der Waals surface area contributed by atoms with Crippen LogP contribution in [0.5, 0.6) is 0 Å². The summed E-state index contributed by atoms with van der Waals surface area (Å²) >= 11 is 0. The Hall–Kier alpha value is -1.65. The lowest BCUT2D eigenvalue weighted by Gasteiger charge is -1.94. The van der Waals surface area contributed by atoms with Crippen molar-refractivity contribution < 1.29 is 0 Å². The smallest absolute Gasteiger partial charge is 0.185 e. The molecule has 0 amide bonds. The molecule has 1 radical (unpaired) electrons. The molecule has 0 fully saturated rings. The molecule has 1 aromatic rings. The summed E-state index contributed by atoms with van der Waals surface area (Å²) in [4.78, 5) is 11.4. The highest BCUT2D eigenvalue weighted by Gasteiger charge is 2.11. The quantitative estimate of drug-likeness (QED) is 0.541. The molecule has 5 nitrogen and oxygen atoms in total. The van der Waals surface area contributed by atoms with E-state index in [-0.39, 0.29) is 0 Å². The molecule has 0 saturated heterocycles. The molecule has 0 saturated carbocycles. The molecule has 0 atom stereocenters. The van der Waals surface area contributed by atoms with E-state index in [0.717, 1.165) is 0 Å². The number of rotatable bonds is 0. The maximum atomic E-state index is 5.45. The zero-order chi connectivity index (χ0) is 6.97. The van der Waals surface area contributed by atoms with E-state index in [1.54, 1.807) is 0 Å². The van der Waals surface area contributed by atoms with Crippen molar-refractivity contribution in [3.05, 3.63) is 6.33 Å². The van der Waals surface area contributed by atoms with Crippen LogP contribution >= 0.6 is 0 Å². The molecule has 1 aliphatic rings. The van der Waals surface area contributed by atoms with Gasteiger partial charge in [0.1, 0.15) is 12.7 Å². The molecule has 1 aliphatic heterocycles. The first-order valence-electron chi connectivity index (χ1n) is 2.72. The van der Waals surface area contributed by atoms with Crippen LogP contribution in [-0.4, -0.2) is 16.3 Å². The molecular weight excluding hydrogens is 130 g/mol. The molecule has 2 N–H and O–H groups in total. The van der Waals surface area contributed by atoms with Crippen LogP contribution in [0.15, 0.2) is 11.3 Å². The Morgan fingerprint density at radius 2 is 2.20 bits per heavy atom. The summed E-state index contributed by atoms with van der Waals surface area (Å²) in [5.74, 6) is 0.926. The Labute approximate surface area is 57.0 Å².